The fourth-order valence-electron chi connectivity index (χ4n) is 1.71. The van der Waals surface area contributed by atoms with E-state index in [1.807, 2.05) is 6.07 Å². The van der Waals surface area contributed by atoms with Gasteiger partial charge in [-0.2, -0.15) is 15.6 Å². The molecule has 6 nitrogen and oxygen atoms in total. The normalized spacial score (nSPS) is 9.75. The van der Waals surface area contributed by atoms with Crippen molar-refractivity contribution in [2.24, 2.45) is 5.10 Å². The Kier molecular flexibility index (Phi) is 4.31. The standard InChI is InChI=1S/C14H13N5O/c1-2-3-7-13-17-14-11(5-4-6-12(14)20-13)19-18-10(8-15)9-16/h4-6,19H,2-3,7H2,1H3. The van der Waals surface area contributed by atoms with Gasteiger partial charge in [-0.05, 0) is 18.6 Å². The fraction of sp³-hybridized carbons (Fsp3) is 0.286. The first kappa shape index (κ1) is 13.6. The second-order valence-electron chi connectivity index (χ2n) is 4.16. The molecule has 100 valence electrons. The first-order valence-corrected chi connectivity index (χ1v) is 6.30. The Labute approximate surface area is 116 Å². The van der Waals surface area contributed by atoms with E-state index in [9.17, 15) is 0 Å². The molecule has 0 unspecified atom stereocenters. The first-order chi connectivity index (χ1) is 9.78. The Bertz CT molecular complexity index is 701. The van der Waals surface area contributed by atoms with Gasteiger partial charge in [0.25, 0.3) is 0 Å². The number of hydrazone groups is 1. The molecule has 1 heterocycles. The molecule has 1 aromatic carbocycles. The van der Waals surface area contributed by atoms with Crippen LogP contribution in [-0.4, -0.2) is 10.7 Å². The van der Waals surface area contributed by atoms with E-state index in [4.69, 9.17) is 14.9 Å². The highest BCUT2D eigenvalue weighted by molar-refractivity contribution is 6.10. The molecule has 0 saturated heterocycles. The molecule has 1 N–H and O–H groups in total. The molecule has 0 amide bonds. The lowest BCUT2D eigenvalue weighted by Crippen LogP contribution is -1.96. The molecular weight excluding hydrogens is 254 g/mol. The topological polar surface area (TPSA) is 98.0 Å². The third kappa shape index (κ3) is 2.93. The number of oxazole rings is 1. The minimum Gasteiger partial charge on any atom is -0.441 e. The summed E-state index contributed by atoms with van der Waals surface area (Å²) in [5, 5.41) is 21.0. The molecule has 0 aliphatic rings. The summed E-state index contributed by atoms with van der Waals surface area (Å²) >= 11 is 0. The summed E-state index contributed by atoms with van der Waals surface area (Å²) in [7, 11) is 0. The summed E-state index contributed by atoms with van der Waals surface area (Å²) in [6, 6.07) is 8.76. The van der Waals surface area contributed by atoms with E-state index >= 15 is 0 Å². The second kappa shape index (κ2) is 6.35. The molecule has 0 radical (unpaired) electrons. The SMILES string of the molecule is CCCCc1nc2c(NN=C(C#N)C#N)cccc2o1. The molecule has 1 aromatic heterocycles. The number of para-hydroxylation sites is 1. The van der Waals surface area contributed by atoms with Gasteiger partial charge in [-0.15, -0.1) is 0 Å². The maximum atomic E-state index is 8.64. The second-order valence-corrected chi connectivity index (χ2v) is 4.16. The number of unbranched alkanes of at least 4 members (excludes halogenated alkanes) is 1. The van der Waals surface area contributed by atoms with Crippen LogP contribution in [0.3, 0.4) is 0 Å². The van der Waals surface area contributed by atoms with Crippen LogP contribution in [0.1, 0.15) is 25.7 Å². The molecule has 0 fully saturated rings. The number of nitrogens with zero attached hydrogens (tertiary/aromatic N) is 4. The summed E-state index contributed by atoms with van der Waals surface area (Å²) in [6.07, 6.45) is 2.87. The van der Waals surface area contributed by atoms with Crippen molar-refractivity contribution in [1.29, 1.82) is 10.5 Å². The van der Waals surface area contributed by atoms with E-state index in [2.05, 4.69) is 22.4 Å². The quantitative estimate of drug-likeness (QED) is 0.663. The highest BCUT2D eigenvalue weighted by Gasteiger charge is 2.09. The number of benzene rings is 1. The Balaban J connectivity index is 2.30. The van der Waals surface area contributed by atoms with Crippen molar-refractivity contribution in [3.8, 4) is 12.1 Å². The largest absolute Gasteiger partial charge is 0.441 e. The van der Waals surface area contributed by atoms with Crippen LogP contribution in [0.5, 0.6) is 0 Å². The van der Waals surface area contributed by atoms with Gasteiger partial charge in [0, 0.05) is 6.42 Å². The average Bonchev–Trinajstić information content (AvgIpc) is 2.89. The molecule has 0 bridgehead atoms. The molecule has 2 aromatic rings. The Hall–Kier alpha value is -2.86. The number of aromatic nitrogens is 1. The number of aryl methyl sites for hydroxylation is 1. The fourth-order valence-corrected chi connectivity index (χ4v) is 1.71. The van der Waals surface area contributed by atoms with Crippen LogP contribution in [0.15, 0.2) is 27.7 Å². The summed E-state index contributed by atoms with van der Waals surface area (Å²) < 4.78 is 5.64. The molecular formula is C14H13N5O. The van der Waals surface area contributed by atoms with Crippen LogP contribution in [0.2, 0.25) is 0 Å². The number of nitriles is 2. The van der Waals surface area contributed by atoms with Gasteiger partial charge >= 0.3 is 0 Å². The summed E-state index contributed by atoms with van der Waals surface area (Å²) in [4.78, 5) is 4.42. The minimum absolute atomic E-state index is 0.239. The number of fused-ring (bicyclic) bond motifs is 1. The van der Waals surface area contributed by atoms with Crippen LogP contribution in [0.25, 0.3) is 11.1 Å². The van der Waals surface area contributed by atoms with E-state index < -0.39 is 0 Å². The molecule has 2 rings (SSSR count). The van der Waals surface area contributed by atoms with Crippen LogP contribution in [0.4, 0.5) is 5.69 Å². The first-order valence-electron chi connectivity index (χ1n) is 6.30. The zero-order valence-corrected chi connectivity index (χ0v) is 11.1. The maximum Gasteiger partial charge on any atom is 0.237 e. The van der Waals surface area contributed by atoms with Gasteiger partial charge in [-0.3, -0.25) is 5.43 Å². The van der Waals surface area contributed by atoms with Crippen LogP contribution < -0.4 is 5.43 Å². The molecule has 0 aliphatic carbocycles. The van der Waals surface area contributed by atoms with Gasteiger partial charge in [-0.1, -0.05) is 19.4 Å². The molecule has 0 aliphatic heterocycles. The van der Waals surface area contributed by atoms with E-state index in [0.29, 0.717) is 22.7 Å². The van der Waals surface area contributed by atoms with E-state index in [-0.39, 0.29) is 5.71 Å². The zero-order chi connectivity index (χ0) is 14.4. The van der Waals surface area contributed by atoms with Crippen molar-refractivity contribution in [2.75, 3.05) is 5.43 Å². The Morgan fingerprint density at radius 2 is 2.20 bits per heavy atom. The van der Waals surface area contributed by atoms with Gasteiger partial charge in [0.2, 0.25) is 5.71 Å². The number of rotatable bonds is 5. The lowest BCUT2D eigenvalue weighted by atomic mass is 10.2. The van der Waals surface area contributed by atoms with Crippen molar-refractivity contribution in [3.63, 3.8) is 0 Å². The van der Waals surface area contributed by atoms with E-state index in [1.54, 1.807) is 24.3 Å². The maximum absolute atomic E-state index is 8.64. The summed E-state index contributed by atoms with van der Waals surface area (Å²) in [5.41, 5.74) is 4.36. The van der Waals surface area contributed by atoms with Gasteiger partial charge in [0.1, 0.15) is 17.7 Å². The monoisotopic (exact) mass is 267 g/mol. The highest BCUT2D eigenvalue weighted by Crippen LogP contribution is 2.24. The van der Waals surface area contributed by atoms with Crippen molar-refractivity contribution in [1.82, 2.24) is 4.98 Å². The Morgan fingerprint density at radius 1 is 1.40 bits per heavy atom. The summed E-state index contributed by atoms with van der Waals surface area (Å²) in [5.74, 6) is 0.681. The van der Waals surface area contributed by atoms with Crippen LogP contribution in [-0.2, 0) is 6.42 Å². The average molecular weight is 267 g/mol. The van der Waals surface area contributed by atoms with Gasteiger partial charge in [0.15, 0.2) is 11.5 Å². The van der Waals surface area contributed by atoms with Gasteiger partial charge in [-0.25, -0.2) is 4.98 Å². The van der Waals surface area contributed by atoms with Crippen molar-refractivity contribution in [2.45, 2.75) is 26.2 Å². The van der Waals surface area contributed by atoms with E-state index in [0.717, 1.165) is 19.3 Å². The number of hydrogen-bond acceptors (Lipinski definition) is 6. The highest BCUT2D eigenvalue weighted by atomic mass is 16.3. The molecule has 20 heavy (non-hydrogen) atoms. The lowest BCUT2D eigenvalue weighted by molar-refractivity contribution is 0.517. The van der Waals surface area contributed by atoms with Crippen LogP contribution >= 0.6 is 0 Å². The summed E-state index contributed by atoms with van der Waals surface area (Å²) in [6.45, 7) is 2.11. The van der Waals surface area contributed by atoms with E-state index in [1.165, 1.54) is 0 Å². The number of nitrogens with one attached hydrogen (secondary N) is 1. The number of hydrogen-bond donors (Lipinski definition) is 1. The molecule has 0 spiro atoms. The van der Waals surface area contributed by atoms with Crippen molar-refractivity contribution in [3.05, 3.63) is 24.1 Å². The van der Waals surface area contributed by atoms with Crippen LogP contribution in [0, 0.1) is 22.7 Å². The predicted molar refractivity (Wildman–Crippen MR) is 74.9 cm³/mol. The van der Waals surface area contributed by atoms with Gasteiger partial charge in [0.05, 0.1) is 5.69 Å². The Morgan fingerprint density at radius 3 is 2.90 bits per heavy atom. The minimum atomic E-state index is -0.239. The van der Waals surface area contributed by atoms with Crippen molar-refractivity contribution < 1.29 is 4.42 Å². The molecule has 0 saturated carbocycles. The molecule has 6 heteroatoms. The smallest absolute Gasteiger partial charge is 0.237 e. The third-order valence-corrected chi connectivity index (χ3v) is 2.71. The van der Waals surface area contributed by atoms with Crippen molar-refractivity contribution >= 4 is 22.5 Å². The zero-order valence-electron chi connectivity index (χ0n) is 11.1. The van der Waals surface area contributed by atoms with Gasteiger partial charge < -0.3 is 4.42 Å². The predicted octanol–water partition coefficient (Wildman–Crippen LogP) is 2.99. The molecule has 0 atom stereocenters. The lowest BCUT2D eigenvalue weighted by Gasteiger charge is -1.98. The number of anilines is 1. The third-order valence-electron chi connectivity index (χ3n) is 2.71.